The first kappa shape index (κ1) is 11.0. The average Bonchev–Trinajstić information content (AvgIpc) is 2.29. The van der Waals surface area contributed by atoms with Gasteiger partial charge < -0.3 is 11.1 Å². The van der Waals surface area contributed by atoms with Gasteiger partial charge in [-0.1, -0.05) is 18.2 Å². The molecule has 0 spiro atoms. The van der Waals surface area contributed by atoms with E-state index in [1.165, 1.54) is 0 Å². The Labute approximate surface area is 95.4 Å². The zero-order chi connectivity index (χ0) is 11.5. The van der Waals surface area contributed by atoms with Gasteiger partial charge in [0.2, 0.25) is 0 Å². The van der Waals surface area contributed by atoms with E-state index in [4.69, 9.17) is 5.73 Å². The molecule has 1 fully saturated rings. The molecule has 2 rings (SSSR count). The summed E-state index contributed by atoms with van der Waals surface area (Å²) in [4.78, 5) is 13.6. The number of anilines is 1. The second-order valence-electron chi connectivity index (χ2n) is 4.12. The molecule has 1 unspecified atom stereocenters. The number of hydrogen-bond acceptors (Lipinski definition) is 2. The molecule has 86 valence electrons. The van der Waals surface area contributed by atoms with Gasteiger partial charge >= 0.3 is 6.03 Å². The van der Waals surface area contributed by atoms with E-state index < -0.39 is 0 Å². The summed E-state index contributed by atoms with van der Waals surface area (Å²) in [6, 6.07) is 8.00. The summed E-state index contributed by atoms with van der Waals surface area (Å²) < 4.78 is 0. The minimum absolute atomic E-state index is 0.0281. The van der Waals surface area contributed by atoms with E-state index in [1.807, 2.05) is 31.2 Å². The fourth-order valence-electron chi connectivity index (χ4n) is 1.96. The first-order valence-corrected chi connectivity index (χ1v) is 5.58. The Balaban J connectivity index is 2.26. The van der Waals surface area contributed by atoms with Gasteiger partial charge in [-0.2, -0.15) is 0 Å². The predicted octanol–water partition coefficient (Wildman–Crippen LogP) is 1.45. The number of carbonyl (C=O) groups excluding carboxylic acids is 1. The molecule has 1 aromatic carbocycles. The van der Waals surface area contributed by atoms with Crippen molar-refractivity contribution < 1.29 is 4.79 Å². The smallest absolute Gasteiger partial charge is 0.322 e. The molecule has 2 amide bonds. The Morgan fingerprint density at radius 3 is 2.94 bits per heavy atom. The first-order valence-electron chi connectivity index (χ1n) is 5.58. The highest BCUT2D eigenvalue weighted by Gasteiger charge is 2.24. The fourth-order valence-corrected chi connectivity index (χ4v) is 1.96. The highest BCUT2D eigenvalue weighted by atomic mass is 16.2. The number of nitrogens with two attached hydrogens (primary N) is 1. The molecule has 0 bridgehead atoms. The summed E-state index contributed by atoms with van der Waals surface area (Å²) in [6.07, 6.45) is 0.963. The predicted molar refractivity (Wildman–Crippen MR) is 64.3 cm³/mol. The Kier molecular flexibility index (Phi) is 3.10. The molecule has 1 aliphatic rings. The number of benzene rings is 1. The van der Waals surface area contributed by atoms with Gasteiger partial charge in [0.1, 0.15) is 0 Å². The summed E-state index contributed by atoms with van der Waals surface area (Å²) in [5, 5.41) is 2.93. The van der Waals surface area contributed by atoms with E-state index in [-0.39, 0.29) is 12.1 Å². The number of para-hydroxylation sites is 1. The van der Waals surface area contributed by atoms with Crippen LogP contribution in [0.1, 0.15) is 18.9 Å². The Hall–Kier alpha value is -1.55. The Bertz CT molecular complexity index is 392. The van der Waals surface area contributed by atoms with E-state index in [9.17, 15) is 4.79 Å². The molecule has 1 heterocycles. The van der Waals surface area contributed by atoms with Crippen LogP contribution in [0.25, 0.3) is 0 Å². The third-order valence-corrected chi connectivity index (χ3v) is 2.90. The minimum atomic E-state index is -0.0281. The van der Waals surface area contributed by atoms with Crippen molar-refractivity contribution in [2.45, 2.75) is 25.9 Å². The van der Waals surface area contributed by atoms with Crippen LogP contribution in [0.15, 0.2) is 24.3 Å². The summed E-state index contributed by atoms with van der Waals surface area (Å²) in [7, 11) is 0. The normalized spacial score (nSPS) is 20.8. The van der Waals surface area contributed by atoms with Crippen LogP contribution in [0.4, 0.5) is 10.5 Å². The summed E-state index contributed by atoms with van der Waals surface area (Å²) in [5.74, 6) is 0. The lowest BCUT2D eigenvalue weighted by molar-refractivity contribution is 0.237. The number of rotatable bonds is 2. The lowest BCUT2D eigenvalue weighted by Gasteiger charge is -2.32. The number of carbonyl (C=O) groups is 1. The van der Waals surface area contributed by atoms with Crippen LogP contribution in [0.3, 0.4) is 0 Å². The van der Waals surface area contributed by atoms with E-state index in [1.54, 1.807) is 4.90 Å². The van der Waals surface area contributed by atoms with Crippen LogP contribution in [0, 0.1) is 0 Å². The number of urea groups is 1. The van der Waals surface area contributed by atoms with Crippen LogP contribution in [0.2, 0.25) is 0 Å². The molecule has 1 saturated heterocycles. The van der Waals surface area contributed by atoms with Gasteiger partial charge in [-0.25, -0.2) is 4.79 Å². The molecule has 0 aromatic heterocycles. The highest BCUT2D eigenvalue weighted by Crippen LogP contribution is 2.22. The Morgan fingerprint density at radius 2 is 2.25 bits per heavy atom. The van der Waals surface area contributed by atoms with Gasteiger partial charge in [0.25, 0.3) is 0 Å². The van der Waals surface area contributed by atoms with Gasteiger partial charge in [0, 0.05) is 24.8 Å². The van der Waals surface area contributed by atoms with Crippen molar-refractivity contribution in [3.05, 3.63) is 29.8 Å². The summed E-state index contributed by atoms with van der Waals surface area (Å²) in [6.45, 7) is 3.23. The second kappa shape index (κ2) is 4.53. The van der Waals surface area contributed by atoms with E-state index in [0.717, 1.165) is 24.2 Å². The monoisotopic (exact) mass is 219 g/mol. The van der Waals surface area contributed by atoms with Crippen molar-refractivity contribution in [3.8, 4) is 0 Å². The summed E-state index contributed by atoms with van der Waals surface area (Å²) >= 11 is 0. The van der Waals surface area contributed by atoms with Crippen molar-refractivity contribution in [2.75, 3.05) is 11.4 Å². The molecular weight excluding hydrogens is 202 g/mol. The molecule has 1 aromatic rings. The zero-order valence-electron chi connectivity index (χ0n) is 9.44. The fraction of sp³-hybridized carbons (Fsp3) is 0.417. The SMILES string of the molecule is CC1CCN(c2ccccc2CN)C(=O)N1. The number of nitrogens with one attached hydrogen (secondary N) is 1. The molecule has 3 N–H and O–H groups in total. The van der Waals surface area contributed by atoms with Crippen molar-refractivity contribution in [3.63, 3.8) is 0 Å². The van der Waals surface area contributed by atoms with Gasteiger partial charge in [-0.15, -0.1) is 0 Å². The number of amides is 2. The number of nitrogens with zero attached hydrogens (tertiary/aromatic N) is 1. The van der Waals surface area contributed by atoms with E-state index >= 15 is 0 Å². The van der Waals surface area contributed by atoms with Crippen molar-refractivity contribution in [1.29, 1.82) is 0 Å². The maximum atomic E-state index is 11.8. The maximum Gasteiger partial charge on any atom is 0.322 e. The van der Waals surface area contributed by atoms with Gasteiger partial charge in [-0.05, 0) is 25.0 Å². The highest BCUT2D eigenvalue weighted by molar-refractivity contribution is 5.93. The largest absolute Gasteiger partial charge is 0.335 e. The quantitative estimate of drug-likeness (QED) is 0.791. The maximum absolute atomic E-state index is 11.8. The average molecular weight is 219 g/mol. The second-order valence-corrected chi connectivity index (χ2v) is 4.12. The zero-order valence-corrected chi connectivity index (χ0v) is 9.44. The van der Waals surface area contributed by atoms with Gasteiger partial charge in [0.05, 0.1) is 0 Å². The molecule has 0 aliphatic carbocycles. The van der Waals surface area contributed by atoms with Crippen LogP contribution < -0.4 is 16.0 Å². The molecule has 0 saturated carbocycles. The third-order valence-electron chi connectivity index (χ3n) is 2.90. The van der Waals surface area contributed by atoms with Crippen LogP contribution in [-0.4, -0.2) is 18.6 Å². The lowest BCUT2D eigenvalue weighted by atomic mass is 10.1. The van der Waals surface area contributed by atoms with Crippen molar-refractivity contribution in [1.82, 2.24) is 5.32 Å². The van der Waals surface area contributed by atoms with Crippen LogP contribution in [0.5, 0.6) is 0 Å². The van der Waals surface area contributed by atoms with Crippen LogP contribution >= 0.6 is 0 Å². The standard InChI is InChI=1S/C12H17N3O/c1-9-6-7-15(12(16)14-9)11-5-3-2-4-10(11)8-13/h2-5,9H,6-8,13H2,1H3,(H,14,16). The van der Waals surface area contributed by atoms with Crippen molar-refractivity contribution in [2.24, 2.45) is 5.73 Å². The molecule has 16 heavy (non-hydrogen) atoms. The Morgan fingerprint density at radius 1 is 1.50 bits per heavy atom. The minimum Gasteiger partial charge on any atom is -0.335 e. The molecule has 1 aliphatic heterocycles. The molecule has 4 nitrogen and oxygen atoms in total. The van der Waals surface area contributed by atoms with Crippen molar-refractivity contribution >= 4 is 11.7 Å². The molecule has 1 atom stereocenters. The summed E-state index contributed by atoms with van der Waals surface area (Å²) in [5.41, 5.74) is 7.60. The number of hydrogen-bond donors (Lipinski definition) is 2. The molecular formula is C12H17N3O. The van der Waals surface area contributed by atoms with Crippen LogP contribution in [-0.2, 0) is 6.54 Å². The topological polar surface area (TPSA) is 58.4 Å². The molecule has 4 heteroatoms. The van der Waals surface area contributed by atoms with Gasteiger partial charge in [-0.3, -0.25) is 4.90 Å². The van der Waals surface area contributed by atoms with E-state index in [0.29, 0.717) is 6.54 Å². The van der Waals surface area contributed by atoms with Gasteiger partial charge in [0.15, 0.2) is 0 Å². The lowest BCUT2D eigenvalue weighted by Crippen LogP contribution is -2.51. The molecule has 0 radical (unpaired) electrons. The third kappa shape index (κ3) is 2.02. The van der Waals surface area contributed by atoms with E-state index in [2.05, 4.69) is 5.32 Å². The first-order chi connectivity index (χ1) is 7.72.